The van der Waals surface area contributed by atoms with E-state index in [1.54, 1.807) is 6.07 Å². The van der Waals surface area contributed by atoms with Crippen molar-refractivity contribution in [3.05, 3.63) is 29.3 Å². The zero-order valence-corrected chi connectivity index (χ0v) is 16.6. The molecule has 1 aromatic rings. The summed E-state index contributed by atoms with van der Waals surface area (Å²) in [6.45, 7) is 6.07. The molecule has 4 nitrogen and oxygen atoms in total. The first-order chi connectivity index (χ1) is 12.8. The summed E-state index contributed by atoms with van der Waals surface area (Å²) < 4.78 is 0. The van der Waals surface area contributed by atoms with Crippen LogP contribution < -0.4 is 5.32 Å². The second-order valence-electron chi connectivity index (χ2n) is 9.48. The van der Waals surface area contributed by atoms with E-state index in [2.05, 4.69) is 18.3 Å². The molecule has 4 heteroatoms. The molecule has 4 rings (SSSR count). The van der Waals surface area contributed by atoms with Crippen molar-refractivity contribution in [1.82, 2.24) is 5.32 Å². The molecule has 3 aliphatic carbocycles. The average Bonchev–Trinajstić information content (AvgIpc) is 2.85. The summed E-state index contributed by atoms with van der Waals surface area (Å²) in [6, 6.07) is 5.92. The maximum atomic E-state index is 13.2. The Hall–Kier alpha value is -1.84. The lowest BCUT2D eigenvalue weighted by Gasteiger charge is -2.48. The SMILES string of the molecule is CC(C)NC(=O)CC1CC2C3CCc4cc(O)ccc4C3CC[C@]2(C)C1=O. The maximum absolute atomic E-state index is 13.2. The molecule has 3 aliphatic rings. The molecule has 0 bridgehead atoms. The number of rotatable bonds is 3. The number of amides is 1. The van der Waals surface area contributed by atoms with E-state index >= 15 is 0 Å². The number of hydrogen-bond acceptors (Lipinski definition) is 3. The van der Waals surface area contributed by atoms with Gasteiger partial charge >= 0.3 is 0 Å². The molecule has 5 atom stereocenters. The number of phenols is 1. The second kappa shape index (κ2) is 6.65. The number of benzene rings is 1. The number of fused-ring (bicyclic) bond motifs is 5. The van der Waals surface area contributed by atoms with Gasteiger partial charge in [-0.3, -0.25) is 9.59 Å². The number of Topliss-reactive ketones (excluding diaryl/α,β-unsaturated/α-hetero) is 1. The molecular weight excluding hydrogens is 338 g/mol. The van der Waals surface area contributed by atoms with Crippen molar-refractivity contribution in [2.24, 2.45) is 23.2 Å². The van der Waals surface area contributed by atoms with Crippen LogP contribution in [-0.4, -0.2) is 22.8 Å². The molecule has 2 fully saturated rings. The Morgan fingerprint density at radius 3 is 2.85 bits per heavy atom. The number of carbonyl (C=O) groups excluding carboxylic acids is 2. The van der Waals surface area contributed by atoms with Crippen LogP contribution in [0.5, 0.6) is 5.75 Å². The molecule has 0 spiro atoms. The molecule has 27 heavy (non-hydrogen) atoms. The molecule has 2 N–H and O–H groups in total. The van der Waals surface area contributed by atoms with Crippen molar-refractivity contribution in [2.45, 2.75) is 71.3 Å². The number of phenolic OH excluding ortho intramolecular Hbond substituents is 1. The minimum absolute atomic E-state index is 0.00612. The first kappa shape index (κ1) is 18.5. The summed E-state index contributed by atoms with van der Waals surface area (Å²) in [5, 5.41) is 12.8. The topological polar surface area (TPSA) is 66.4 Å². The fraction of sp³-hybridized carbons (Fsp3) is 0.652. The Labute approximate surface area is 161 Å². The van der Waals surface area contributed by atoms with E-state index in [1.807, 2.05) is 19.9 Å². The lowest BCUT2D eigenvalue weighted by Crippen LogP contribution is -2.42. The van der Waals surface area contributed by atoms with Crippen molar-refractivity contribution in [2.75, 3.05) is 0 Å². The summed E-state index contributed by atoms with van der Waals surface area (Å²) in [7, 11) is 0. The molecule has 4 unspecified atom stereocenters. The summed E-state index contributed by atoms with van der Waals surface area (Å²) in [5.41, 5.74) is 2.38. The first-order valence-electron chi connectivity index (χ1n) is 10.4. The van der Waals surface area contributed by atoms with Crippen LogP contribution in [0.25, 0.3) is 0 Å². The highest BCUT2D eigenvalue weighted by atomic mass is 16.3. The van der Waals surface area contributed by atoms with Gasteiger partial charge in [-0.1, -0.05) is 13.0 Å². The minimum Gasteiger partial charge on any atom is -0.508 e. The maximum Gasteiger partial charge on any atom is 0.220 e. The fourth-order valence-electron chi connectivity index (χ4n) is 6.29. The smallest absolute Gasteiger partial charge is 0.220 e. The van der Waals surface area contributed by atoms with Crippen LogP contribution >= 0.6 is 0 Å². The first-order valence-corrected chi connectivity index (χ1v) is 10.4. The highest BCUT2D eigenvalue weighted by molar-refractivity contribution is 5.93. The molecular formula is C23H31NO3. The second-order valence-corrected chi connectivity index (χ2v) is 9.48. The molecule has 0 aromatic heterocycles. The van der Waals surface area contributed by atoms with Crippen LogP contribution in [-0.2, 0) is 16.0 Å². The van der Waals surface area contributed by atoms with Crippen molar-refractivity contribution in [3.63, 3.8) is 0 Å². The molecule has 1 aromatic carbocycles. The Balaban J connectivity index is 1.56. The van der Waals surface area contributed by atoms with Crippen LogP contribution in [0.15, 0.2) is 18.2 Å². The molecule has 1 amide bonds. The van der Waals surface area contributed by atoms with Gasteiger partial charge < -0.3 is 10.4 Å². The summed E-state index contributed by atoms with van der Waals surface area (Å²) >= 11 is 0. The van der Waals surface area contributed by atoms with Crippen molar-refractivity contribution in [3.8, 4) is 5.75 Å². The predicted octanol–water partition coefficient (Wildman–Crippen LogP) is 3.96. The summed E-state index contributed by atoms with van der Waals surface area (Å²) in [6.07, 6.45) is 5.20. The van der Waals surface area contributed by atoms with Crippen molar-refractivity contribution < 1.29 is 14.7 Å². The third-order valence-corrected chi connectivity index (χ3v) is 7.45. The molecule has 0 saturated heterocycles. The van der Waals surface area contributed by atoms with Gasteiger partial charge in [-0.15, -0.1) is 0 Å². The number of aromatic hydroxyl groups is 1. The van der Waals surface area contributed by atoms with Crippen molar-refractivity contribution in [1.29, 1.82) is 0 Å². The lowest BCUT2D eigenvalue weighted by molar-refractivity contribution is -0.134. The van der Waals surface area contributed by atoms with E-state index in [1.165, 1.54) is 11.1 Å². The zero-order valence-electron chi connectivity index (χ0n) is 16.6. The van der Waals surface area contributed by atoms with Gasteiger partial charge in [0, 0.05) is 23.8 Å². The van der Waals surface area contributed by atoms with Crippen LogP contribution in [0, 0.1) is 23.2 Å². The largest absolute Gasteiger partial charge is 0.508 e. The van der Waals surface area contributed by atoms with E-state index in [9.17, 15) is 14.7 Å². The molecule has 2 saturated carbocycles. The van der Waals surface area contributed by atoms with Crippen LogP contribution in [0.3, 0.4) is 0 Å². The Morgan fingerprint density at radius 1 is 1.33 bits per heavy atom. The third kappa shape index (κ3) is 3.07. The lowest BCUT2D eigenvalue weighted by atomic mass is 9.55. The number of carbonyl (C=O) groups is 2. The normalized spacial score (nSPS) is 34.7. The Bertz CT molecular complexity index is 771. The minimum atomic E-state index is -0.266. The van der Waals surface area contributed by atoms with Gasteiger partial charge in [-0.25, -0.2) is 0 Å². The van der Waals surface area contributed by atoms with Gasteiger partial charge in [0.25, 0.3) is 0 Å². The average molecular weight is 370 g/mol. The van der Waals surface area contributed by atoms with Crippen LogP contribution in [0.1, 0.15) is 69.9 Å². The van der Waals surface area contributed by atoms with Gasteiger partial charge in [0.05, 0.1) is 0 Å². The molecule has 0 heterocycles. The highest BCUT2D eigenvalue weighted by Crippen LogP contribution is 2.61. The molecule has 0 radical (unpaired) electrons. The molecule has 0 aliphatic heterocycles. The van der Waals surface area contributed by atoms with E-state index in [0.29, 0.717) is 35.7 Å². The quantitative estimate of drug-likeness (QED) is 0.847. The third-order valence-electron chi connectivity index (χ3n) is 7.45. The van der Waals surface area contributed by atoms with Crippen molar-refractivity contribution >= 4 is 11.7 Å². The Kier molecular flexibility index (Phi) is 4.56. The van der Waals surface area contributed by atoms with E-state index in [0.717, 1.165) is 32.1 Å². The Morgan fingerprint density at radius 2 is 2.11 bits per heavy atom. The van der Waals surface area contributed by atoms with E-state index < -0.39 is 0 Å². The highest BCUT2D eigenvalue weighted by Gasteiger charge is 2.58. The standard InChI is InChI=1S/C23H31NO3/c1-13(2)24-21(26)12-15-11-20-19-6-4-14-10-16(25)5-7-17(14)18(19)8-9-23(20,3)22(15)27/h5,7,10,13,15,18-20,25H,4,6,8-9,11-12H2,1-3H3,(H,24,26)/t15?,18?,19?,20?,23-/m0/s1. The van der Waals surface area contributed by atoms with Gasteiger partial charge in [-0.05, 0) is 87.0 Å². The van der Waals surface area contributed by atoms with Crippen LogP contribution in [0.2, 0.25) is 0 Å². The molecule has 146 valence electrons. The zero-order chi connectivity index (χ0) is 19.3. The fourth-order valence-corrected chi connectivity index (χ4v) is 6.29. The van der Waals surface area contributed by atoms with Crippen LogP contribution in [0.4, 0.5) is 0 Å². The van der Waals surface area contributed by atoms with E-state index in [4.69, 9.17) is 0 Å². The predicted molar refractivity (Wildman–Crippen MR) is 104 cm³/mol. The van der Waals surface area contributed by atoms with Gasteiger partial charge in [0.2, 0.25) is 5.91 Å². The van der Waals surface area contributed by atoms with Gasteiger partial charge in [0.1, 0.15) is 11.5 Å². The monoisotopic (exact) mass is 369 g/mol. The van der Waals surface area contributed by atoms with E-state index in [-0.39, 0.29) is 23.3 Å². The summed E-state index contributed by atoms with van der Waals surface area (Å²) in [4.78, 5) is 25.5. The van der Waals surface area contributed by atoms with Gasteiger partial charge in [-0.2, -0.15) is 0 Å². The number of nitrogens with one attached hydrogen (secondary N) is 1. The number of hydrogen-bond donors (Lipinski definition) is 2. The number of aryl methyl sites for hydroxylation is 1. The summed E-state index contributed by atoms with van der Waals surface area (Å²) in [5.74, 6) is 1.93. The van der Waals surface area contributed by atoms with Gasteiger partial charge in [0.15, 0.2) is 0 Å². The number of ketones is 1.